The Balaban J connectivity index is 0. The summed E-state index contributed by atoms with van der Waals surface area (Å²) < 4.78 is 0. The van der Waals surface area contributed by atoms with E-state index in [1.807, 2.05) is 0 Å². The molecule has 0 amide bonds. The Bertz CT molecular complexity index is 8.00. The van der Waals surface area contributed by atoms with E-state index in [1.54, 1.807) is 0 Å². The van der Waals surface area contributed by atoms with Crippen molar-refractivity contribution in [2.75, 3.05) is 0 Å². The second-order valence-electron chi connectivity index (χ2n) is 0. The quantitative estimate of drug-likeness (QED) is 0.340. The second kappa shape index (κ2) is 25.0. The standard InChI is InChI=1S/B.Ga.GeH4.H4Si.3H/h;;2*1H4;;;. The average molecular weight is 192 g/mol. The topological polar surface area (TPSA) is 0 Å². The van der Waals surface area contributed by atoms with Crippen LogP contribution in [0.25, 0.3) is 0 Å². The molecule has 0 fully saturated rings. The number of rotatable bonds is 0. The number of hydrogen-bond acceptors (Lipinski definition) is 0. The molecule has 25 valence electrons. The van der Waals surface area contributed by atoms with Gasteiger partial charge in [0.05, 0.1) is 0 Å². The van der Waals surface area contributed by atoms with Crippen molar-refractivity contribution in [2.24, 2.45) is 0 Å². The first-order chi connectivity index (χ1) is 0. The molecular formula is H11BGaGeSi. The molecule has 0 unspecified atom stereocenters. The van der Waals surface area contributed by atoms with E-state index < -0.39 is 0 Å². The third kappa shape index (κ3) is 9.82. The van der Waals surface area contributed by atoms with Crippen LogP contribution in [-0.2, 0) is 0 Å². The molecule has 0 saturated heterocycles. The van der Waals surface area contributed by atoms with E-state index in [1.165, 1.54) is 0 Å². The first kappa shape index (κ1) is 50.9. The van der Waals surface area contributed by atoms with Crippen molar-refractivity contribution in [3.05, 3.63) is 0 Å². The normalized spacial score (nSPS) is 0. The first-order valence-corrected chi connectivity index (χ1v) is 0. The average Bonchev–Trinajstić information content (AvgIpc) is 0. The van der Waals surface area contributed by atoms with Crippen molar-refractivity contribution >= 4 is 56.8 Å². The van der Waals surface area contributed by atoms with Gasteiger partial charge in [0.25, 0.3) is 0 Å². The van der Waals surface area contributed by atoms with Crippen LogP contribution in [0.15, 0.2) is 0 Å². The molecule has 0 bridgehead atoms. The van der Waals surface area contributed by atoms with Crippen LogP contribution in [0.4, 0.5) is 0 Å². The van der Waals surface area contributed by atoms with Crippen molar-refractivity contribution in [3.63, 3.8) is 0 Å². The van der Waals surface area contributed by atoms with Crippen molar-refractivity contribution in [2.45, 2.75) is 0 Å². The maximum absolute atomic E-state index is 0. The van der Waals surface area contributed by atoms with E-state index in [0.717, 1.165) is 0 Å². The minimum absolute atomic E-state index is 0. The Morgan fingerprint density at radius 2 is 1.00 bits per heavy atom. The molecule has 0 aromatic carbocycles. The molecule has 0 aliphatic rings. The predicted molar refractivity (Wildman–Crippen MR) is 38.4 cm³/mol. The molecule has 0 nitrogen and oxygen atoms in total. The summed E-state index contributed by atoms with van der Waals surface area (Å²) >= 11 is 0. The van der Waals surface area contributed by atoms with Gasteiger partial charge in [-0.1, -0.05) is 0 Å². The first-order valence-electron chi connectivity index (χ1n) is 0. The SMILES string of the molecule is [B].[GaH3].[GeH4].[SiH4]. The van der Waals surface area contributed by atoms with Gasteiger partial charge in [-0.15, -0.1) is 0 Å². The van der Waals surface area contributed by atoms with E-state index in [0.29, 0.717) is 0 Å². The zero-order valence-corrected chi connectivity index (χ0v) is 0.577. The van der Waals surface area contributed by atoms with Crippen LogP contribution < -0.4 is 0 Å². The van der Waals surface area contributed by atoms with E-state index in [-0.39, 0.29) is 56.8 Å². The molecule has 4 heteroatoms. The molecule has 0 atom stereocenters. The molecule has 0 rings (SSSR count). The Morgan fingerprint density at radius 1 is 1.00 bits per heavy atom. The van der Waals surface area contributed by atoms with Crippen molar-refractivity contribution < 1.29 is 0 Å². The fourth-order valence-corrected chi connectivity index (χ4v) is 0. The monoisotopic (exact) mass is 193 g/mol. The molecule has 0 spiro atoms. The summed E-state index contributed by atoms with van der Waals surface area (Å²) in [6, 6.07) is 0. The molecule has 0 aliphatic carbocycles. The van der Waals surface area contributed by atoms with Crippen LogP contribution in [0.3, 0.4) is 0 Å². The van der Waals surface area contributed by atoms with Crippen molar-refractivity contribution in [1.82, 2.24) is 0 Å². The van der Waals surface area contributed by atoms with Gasteiger partial charge in [0.1, 0.15) is 0 Å². The van der Waals surface area contributed by atoms with E-state index in [4.69, 9.17) is 0 Å². The summed E-state index contributed by atoms with van der Waals surface area (Å²) in [4.78, 5) is 0. The van der Waals surface area contributed by atoms with Gasteiger partial charge in [0, 0.05) is 8.41 Å². The molecule has 3 radical (unpaired) electrons. The predicted octanol–water partition coefficient (Wildman–Crippen LogP) is -4.47. The maximum atomic E-state index is 0. The van der Waals surface area contributed by atoms with Gasteiger partial charge < -0.3 is 0 Å². The summed E-state index contributed by atoms with van der Waals surface area (Å²) in [5.74, 6) is 0. The summed E-state index contributed by atoms with van der Waals surface area (Å²) in [6.07, 6.45) is 0. The van der Waals surface area contributed by atoms with Gasteiger partial charge in [-0.3, -0.25) is 0 Å². The smallest absolute Gasteiger partial charge is 0.0149 e. The summed E-state index contributed by atoms with van der Waals surface area (Å²) in [5.41, 5.74) is 0. The van der Waals surface area contributed by atoms with Crippen molar-refractivity contribution in [1.29, 1.82) is 0 Å². The van der Waals surface area contributed by atoms with Crippen LogP contribution in [0.2, 0.25) is 0 Å². The third-order valence-corrected chi connectivity index (χ3v) is 0. The van der Waals surface area contributed by atoms with Gasteiger partial charge in [-0.25, -0.2) is 0 Å². The third-order valence-electron chi connectivity index (χ3n) is 0. The van der Waals surface area contributed by atoms with E-state index in [9.17, 15) is 0 Å². The molecule has 0 N–H and O–H groups in total. The number of hydrogen-bond donors (Lipinski definition) is 0. The summed E-state index contributed by atoms with van der Waals surface area (Å²) in [6.45, 7) is 0. The Morgan fingerprint density at radius 3 is 1.00 bits per heavy atom. The maximum Gasteiger partial charge on any atom is -0.0149 e. The molecule has 0 aromatic rings. The summed E-state index contributed by atoms with van der Waals surface area (Å²) in [5, 5.41) is 0. The van der Waals surface area contributed by atoms with E-state index in [2.05, 4.69) is 0 Å². The molecule has 0 aliphatic heterocycles. The van der Waals surface area contributed by atoms with Crippen molar-refractivity contribution in [3.8, 4) is 0 Å². The fraction of sp³-hybridized carbons (Fsp3) is 0. The van der Waals surface area contributed by atoms with Crippen LogP contribution in [0.1, 0.15) is 0 Å². The largest absolute Gasteiger partial charge is 0.0149 e. The van der Waals surface area contributed by atoms with Crippen LogP contribution in [0.5, 0.6) is 0 Å². The second-order valence-corrected chi connectivity index (χ2v) is 0. The van der Waals surface area contributed by atoms with Crippen LogP contribution >= 0.6 is 0 Å². The molecule has 0 aromatic heterocycles. The Kier molecular flexibility index (Phi) is 319. The summed E-state index contributed by atoms with van der Waals surface area (Å²) in [7, 11) is 0. The fourth-order valence-electron chi connectivity index (χ4n) is 0. The Hall–Kier alpha value is 1.46. The molecular weight excluding hydrogens is 181 g/mol. The molecule has 4 heavy (non-hydrogen) atoms. The van der Waals surface area contributed by atoms with Gasteiger partial charge in [0.2, 0.25) is 0 Å². The van der Waals surface area contributed by atoms with Crippen LogP contribution in [-0.4, -0.2) is 56.8 Å². The Labute approximate surface area is 56.7 Å². The van der Waals surface area contributed by atoms with Crippen LogP contribution in [0, 0.1) is 0 Å². The van der Waals surface area contributed by atoms with E-state index >= 15 is 0 Å². The molecule has 0 heterocycles. The minimum Gasteiger partial charge on any atom is -0.0149 e. The van der Waals surface area contributed by atoms with Gasteiger partial charge in [0.15, 0.2) is 0 Å². The zero-order valence-electron chi connectivity index (χ0n) is 0.577. The van der Waals surface area contributed by atoms with Gasteiger partial charge in [-0.05, 0) is 11.0 Å². The zero-order chi connectivity index (χ0) is 0. The van der Waals surface area contributed by atoms with Gasteiger partial charge >= 0.3 is 37.4 Å². The molecule has 0 saturated carbocycles. The van der Waals surface area contributed by atoms with Gasteiger partial charge in [-0.2, -0.15) is 0 Å². The minimum atomic E-state index is 0.